The van der Waals surface area contributed by atoms with Crippen molar-refractivity contribution in [2.45, 2.75) is 13.1 Å². The van der Waals surface area contributed by atoms with Crippen LogP contribution in [0.1, 0.15) is 5.56 Å². The number of methoxy groups -OCH3 is 1. The molecule has 0 radical (unpaired) electrons. The molecule has 0 unspecified atom stereocenters. The van der Waals surface area contributed by atoms with Gasteiger partial charge >= 0.3 is 0 Å². The highest BCUT2D eigenvalue weighted by Gasteiger charge is 2.06. The van der Waals surface area contributed by atoms with Crippen LogP contribution in [0.25, 0.3) is 0 Å². The van der Waals surface area contributed by atoms with Crippen LogP contribution in [-0.4, -0.2) is 17.6 Å². The van der Waals surface area contributed by atoms with E-state index >= 15 is 0 Å². The summed E-state index contributed by atoms with van der Waals surface area (Å²) in [6, 6.07) is 7.56. The fraction of sp³-hybridized carbons (Fsp3) is 0.231. The average molecular weight is 277 g/mol. The van der Waals surface area contributed by atoms with E-state index in [1.54, 1.807) is 23.3 Å². The molecule has 0 aliphatic carbocycles. The largest absolute Gasteiger partial charge is 0.496 e. The van der Waals surface area contributed by atoms with Crippen molar-refractivity contribution in [3.63, 3.8) is 0 Å². The molecule has 1 aromatic heterocycles. The summed E-state index contributed by atoms with van der Waals surface area (Å²) in [5.74, 6) is 0.634. The Morgan fingerprint density at radius 2 is 2.26 bits per heavy atom. The fourth-order valence-corrected chi connectivity index (χ4v) is 2.28. The molecule has 0 saturated carbocycles. The Morgan fingerprint density at radius 1 is 1.47 bits per heavy atom. The average Bonchev–Trinajstić information content (AvgIpc) is 2.82. The molecule has 5 nitrogen and oxygen atoms in total. The van der Waals surface area contributed by atoms with E-state index in [-0.39, 0.29) is 12.5 Å². The molecule has 100 valence electrons. The number of hydrogen-bond donors (Lipinski definition) is 2. The van der Waals surface area contributed by atoms with Gasteiger partial charge in [-0.15, -0.1) is 11.3 Å². The second-order valence-electron chi connectivity index (χ2n) is 3.92. The summed E-state index contributed by atoms with van der Waals surface area (Å²) < 4.78 is 6.82. The van der Waals surface area contributed by atoms with Gasteiger partial charge in [0.15, 0.2) is 4.80 Å². The lowest BCUT2D eigenvalue weighted by Gasteiger charge is -2.09. The Bertz CT molecular complexity index is 618. The van der Waals surface area contributed by atoms with Crippen LogP contribution in [-0.2, 0) is 17.9 Å². The first-order valence-corrected chi connectivity index (χ1v) is 6.66. The minimum atomic E-state index is -0.122. The Kier molecular flexibility index (Phi) is 4.35. The van der Waals surface area contributed by atoms with Crippen LogP contribution in [0.3, 0.4) is 0 Å². The van der Waals surface area contributed by atoms with Gasteiger partial charge in [0.25, 0.3) is 0 Å². The third-order valence-corrected chi connectivity index (χ3v) is 3.38. The summed E-state index contributed by atoms with van der Waals surface area (Å²) in [7, 11) is 1.61. The Morgan fingerprint density at radius 3 is 2.95 bits per heavy atom. The van der Waals surface area contributed by atoms with E-state index in [0.29, 0.717) is 11.3 Å². The number of nitrogens with one attached hydrogen (secondary N) is 2. The van der Waals surface area contributed by atoms with E-state index in [2.05, 4.69) is 5.32 Å². The number of para-hydroxylation sites is 1. The molecular formula is C13H15N3O2S. The van der Waals surface area contributed by atoms with E-state index in [0.717, 1.165) is 11.3 Å². The van der Waals surface area contributed by atoms with Gasteiger partial charge in [-0.3, -0.25) is 10.2 Å². The molecule has 0 fully saturated rings. The van der Waals surface area contributed by atoms with Crippen LogP contribution in [0.15, 0.2) is 35.8 Å². The number of benzene rings is 1. The van der Waals surface area contributed by atoms with Gasteiger partial charge < -0.3 is 14.6 Å². The van der Waals surface area contributed by atoms with Gasteiger partial charge in [-0.2, -0.15) is 0 Å². The standard InChI is InChI=1S/C13H15N3O2S/c1-18-11-5-3-2-4-10(11)8-15-12(17)9-16-6-7-19-13(16)14/h2-7,14H,8-9H2,1H3,(H,15,17). The van der Waals surface area contributed by atoms with E-state index in [4.69, 9.17) is 10.1 Å². The van der Waals surface area contributed by atoms with Crippen LogP contribution in [0.4, 0.5) is 0 Å². The van der Waals surface area contributed by atoms with Gasteiger partial charge in [-0.05, 0) is 6.07 Å². The van der Waals surface area contributed by atoms with Crippen LogP contribution < -0.4 is 14.9 Å². The number of amides is 1. The topological polar surface area (TPSA) is 67.1 Å². The highest BCUT2D eigenvalue weighted by Crippen LogP contribution is 2.16. The van der Waals surface area contributed by atoms with Crippen LogP contribution in [0, 0.1) is 5.41 Å². The first-order valence-electron chi connectivity index (χ1n) is 5.78. The SMILES string of the molecule is COc1ccccc1CNC(=O)Cn1ccsc1=N. The summed E-state index contributed by atoms with van der Waals surface area (Å²) in [4.78, 5) is 12.2. The quantitative estimate of drug-likeness (QED) is 0.866. The summed E-state index contributed by atoms with van der Waals surface area (Å²) in [5, 5.41) is 12.2. The number of nitrogens with zero attached hydrogens (tertiary/aromatic N) is 1. The zero-order chi connectivity index (χ0) is 13.7. The predicted octanol–water partition coefficient (Wildman–Crippen LogP) is 1.35. The highest BCUT2D eigenvalue weighted by molar-refractivity contribution is 7.06. The maximum Gasteiger partial charge on any atom is 0.240 e. The summed E-state index contributed by atoms with van der Waals surface area (Å²) >= 11 is 1.30. The Hall–Kier alpha value is -2.08. The zero-order valence-corrected chi connectivity index (χ0v) is 11.4. The third-order valence-electron chi connectivity index (χ3n) is 2.66. The van der Waals surface area contributed by atoms with Crippen molar-refractivity contribution < 1.29 is 9.53 Å². The number of rotatable bonds is 5. The van der Waals surface area contributed by atoms with Crippen molar-refractivity contribution in [2.24, 2.45) is 0 Å². The minimum Gasteiger partial charge on any atom is -0.496 e. The molecule has 0 spiro atoms. The fourth-order valence-electron chi connectivity index (χ4n) is 1.68. The number of aromatic nitrogens is 1. The normalized spacial score (nSPS) is 10.2. The van der Waals surface area contributed by atoms with Crippen LogP contribution >= 0.6 is 11.3 Å². The molecule has 1 amide bonds. The molecule has 0 saturated heterocycles. The third kappa shape index (κ3) is 3.45. The van der Waals surface area contributed by atoms with Gasteiger partial charge in [0.2, 0.25) is 5.91 Å². The second kappa shape index (κ2) is 6.19. The van der Waals surface area contributed by atoms with Crippen LogP contribution in [0.2, 0.25) is 0 Å². The van der Waals surface area contributed by atoms with E-state index in [9.17, 15) is 4.79 Å². The lowest BCUT2D eigenvalue weighted by molar-refractivity contribution is -0.121. The van der Waals surface area contributed by atoms with Gasteiger partial charge in [0, 0.05) is 23.7 Å². The lowest BCUT2D eigenvalue weighted by Crippen LogP contribution is -2.29. The van der Waals surface area contributed by atoms with Crippen molar-refractivity contribution in [1.82, 2.24) is 9.88 Å². The second-order valence-corrected chi connectivity index (χ2v) is 4.82. The predicted molar refractivity (Wildman–Crippen MR) is 73.0 cm³/mol. The first kappa shape index (κ1) is 13.4. The number of ether oxygens (including phenoxy) is 1. The molecule has 2 rings (SSSR count). The monoisotopic (exact) mass is 277 g/mol. The Labute approximate surface area is 115 Å². The number of carbonyl (C=O) groups excluding carboxylic acids is 1. The van der Waals surface area contributed by atoms with Crippen LogP contribution in [0.5, 0.6) is 5.75 Å². The molecule has 6 heteroatoms. The van der Waals surface area contributed by atoms with E-state index in [1.807, 2.05) is 24.3 Å². The smallest absolute Gasteiger partial charge is 0.240 e. The van der Waals surface area contributed by atoms with Crippen molar-refractivity contribution in [1.29, 1.82) is 5.41 Å². The molecule has 0 aliphatic rings. The summed E-state index contributed by atoms with van der Waals surface area (Å²) in [6.45, 7) is 0.582. The zero-order valence-electron chi connectivity index (χ0n) is 10.6. The number of hydrogen-bond acceptors (Lipinski definition) is 4. The van der Waals surface area contributed by atoms with E-state index in [1.165, 1.54) is 11.3 Å². The molecular weight excluding hydrogens is 262 g/mol. The first-order chi connectivity index (χ1) is 9.20. The molecule has 0 bridgehead atoms. The van der Waals surface area contributed by atoms with Gasteiger partial charge in [-0.1, -0.05) is 18.2 Å². The molecule has 1 aromatic carbocycles. The Balaban J connectivity index is 1.94. The highest BCUT2D eigenvalue weighted by atomic mass is 32.1. The lowest BCUT2D eigenvalue weighted by atomic mass is 10.2. The molecule has 0 aliphatic heterocycles. The molecule has 2 N–H and O–H groups in total. The molecule has 0 atom stereocenters. The molecule has 2 aromatic rings. The van der Waals surface area contributed by atoms with Crippen molar-refractivity contribution >= 4 is 17.2 Å². The molecule has 19 heavy (non-hydrogen) atoms. The summed E-state index contributed by atoms with van der Waals surface area (Å²) in [6.07, 6.45) is 1.73. The number of carbonyl (C=O) groups is 1. The summed E-state index contributed by atoms with van der Waals surface area (Å²) in [5.41, 5.74) is 0.930. The van der Waals surface area contributed by atoms with Crippen molar-refractivity contribution in [2.75, 3.05) is 7.11 Å². The van der Waals surface area contributed by atoms with E-state index < -0.39 is 0 Å². The van der Waals surface area contributed by atoms with Gasteiger partial charge in [0.1, 0.15) is 12.3 Å². The van der Waals surface area contributed by atoms with Crippen molar-refractivity contribution in [3.8, 4) is 5.75 Å². The maximum atomic E-state index is 11.8. The minimum absolute atomic E-state index is 0.122. The van der Waals surface area contributed by atoms with Gasteiger partial charge in [-0.25, -0.2) is 0 Å². The van der Waals surface area contributed by atoms with Gasteiger partial charge in [0.05, 0.1) is 7.11 Å². The van der Waals surface area contributed by atoms with Crippen molar-refractivity contribution in [3.05, 3.63) is 46.2 Å². The maximum absolute atomic E-state index is 11.8. The molecule has 1 heterocycles. The number of thiazole rings is 1.